The van der Waals surface area contributed by atoms with Gasteiger partial charge in [-0.15, -0.1) is 0 Å². The van der Waals surface area contributed by atoms with Gasteiger partial charge in [0, 0.05) is 17.6 Å². The lowest BCUT2D eigenvalue weighted by Gasteiger charge is -2.11. The fourth-order valence-electron chi connectivity index (χ4n) is 1.42. The van der Waals surface area contributed by atoms with E-state index in [4.69, 9.17) is 0 Å². The summed E-state index contributed by atoms with van der Waals surface area (Å²) in [7, 11) is 0. The lowest BCUT2D eigenvalue weighted by Crippen LogP contribution is -1.97. The molecular weight excluding hydrogens is 178 g/mol. The zero-order valence-electron chi connectivity index (χ0n) is 8.79. The number of hydrogen-bond acceptors (Lipinski definition) is 2. The van der Waals surface area contributed by atoms with Crippen molar-refractivity contribution >= 4 is 11.8 Å². The second-order valence-electron chi connectivity index (χ2n) is 3.61. The van der Waals surface area contributed by atoms with Gasteiger partial charge in [0.05, 0.1) is 0 Å². The van der Waals surface area contributed by atoms with Crippen LogP contribution >= 0.6 is 11.8 Å². The van der Waals surface area contributed by atoms with Gasteiger partial charge >= 0.3 is 0 Å². The maximum Gasteiger partial charge on any atom is 0.0375 e. The van der Waals surface area contributed by atoms with Crippen LogP contribution in [0.4, 0.5) is 0 Å². The van der Waals surface area contributed by atoms with E-state index in [0.29, 0.717) is 5.92 Å². The van der Waals surface area contributed by atoms with Crippen LogP contribution in [0.25, 0.3) is 0 Å². The number of rotatable bonds is 3. The van der Waals surface area contributed by atoms with Crippen molar-refractivity contribution < 1.29 is 0 Å². The molecule has 72 valence electrons. The molecule has 0 amide bonds. The van der Waals surface area contributed by atoms with Gasteiger partial charge in [-0.1, -0.05) is 13.8 Å². The summed E-state index contributed by atoms with van der Waals surface area (Å²) in [6, 6.07) is 2.20. The zero-order chi connectivity index (χ0) is 9.84. The summed E-state index contributed by atoms with van der Waals surface area (Å²) in [6.07, 6.45) is 4.14. The Labute approximate surface area is 85.0 Å². The Balaban J connectivity index is 3.03. The van der Waals surface area contributed by atoms with Gasteiger partial charge in [0.2, 0.25) is 0 Å². The van der Waals surface area contributed by atoms with E-state index >= 15 is 0 Å². The van der Waals surface area contributed by atoms with Gasteiger partial charge < -0.3 is 0 Å². The highest BCUT2D eigenvalue weighted by Gasteiger charge is 2.06. The Morgan fingerprint density at radius 2 is 2.15 bits per heavy atom. The molecule has 0 saturated carbocycles. The largest absolute Gasteiger partial charge is 0.261 e. The first-order valence-electron chi connectivity index (χ1n) is 4.59. The van der Waals surface area contributed by atoms with E-state index in [2.05, 4.69) is 38.1 Å². The molecule has 0 fully saturated rings. The Kier molecular flexibility index (Phi) is 3.79. The molecule has 1 heterocycles. The van der Waals surface area contributed by atoms with Crippen molar-refractivity contribution in [1.29, 1.82) is 0 Å². The number of hydrogen-bond donors (Lipinski definition) is 0. The van der Waals surface area contributed by atoms with Crippen molar-refractivity contribution in [3.05, 3.63) is 29.1 Å². The molecular formula is C11H17NS. The number of aromatic nitrogens is 1. The van der Waals surface area contributed by atoms with Crippen molar-refractivity contribution in [1.82, 2.24) is 4.98 Å². The monoisotopic (exact) mass is 195 g/mol. The molecule has 0 aliphatic carbocycles. The van der Waals surface area contributed by atoms with Gasteiger partial charge in [-0.25, -0.2) is 0 Å². The highest BCUT2D eigenvalue weighted by molar-refractivity contribution is 7.97. The first kappa shape index (κ1) is 10.6. The maximum atomic E-state index is 4.33. The minimum Gasteiger partial charge on any atom is -0.261 e. The normalized spacial score (nSPS) is 10.8. The standard InChI is InChI=1S/C11H17NS/c1-8(2)11-5-9(3)12-6-10(11)7-13-4/h5-6,8H,7H2,1-4H3. The van der Waals surface area contributed by atoms with E-state index in [-0.39, 0.29) is 0 Å². The van der Waals surface area contributed by atoms with Gasteiger partial charge in [0.15, 0.2) is 0 Å². The SMILES string of the molecule is CSCc1cnc(C)cc1C(C)C. The molecule has 1 aromatic heterocycles. The summed E-state index contributed by atoms with van der Waals surface area (Å²) < 4.78 is 0. The minimum absolute atomic E-state index is 0.601. The highest BCUT2D eigenvalue weighted by atomic mass is 32.2. The van der Waals surface area contributed by atoms with Gasteiger partial charge in [0.1, 0.15) is 0 Å². The summed E-state index contributed by atoms with van der Waals surface area (Å²) in [6.45, 7) is 6.52. The van der Waals surface area contributed by atoms with Gasteiger partial charge in [-0.05, 0) is 36.3 Å². The Hall–Kier alpha value is -0.500. The fourth-order valence-corrected chi connectivity index (χ4v) is 1.98. The second-order valence-corrected chi connectivity index (χ2v) is 4.48. The molecule has 0 atom stereocenters. The minimum atomic E-state index is 0.601. The van der Waals surface area contributed by atoms with E-state index in [9.17, 15) is 0 Å². The van der Waals surface area contributed by atoms with Gasteiger partial charge in [0.25, 0.3) is 0 Å². The number of nitrogens with zero attached hydrogens (tertiary/aromatic N) is 1. The number of thioether (sulfide) groups is 1. The quantitative estimate of drug-likeness (QED) is 0.733. The summed E-state index contributed by atoms with van der Waals surface area (Å²) in [5.74, 6) is 1.67. The molecule has 0 aliphatic rings. The molecule has 0 N–H and O–H groups in total. The molecule has 0 aromatic carbocycles. The van der Waals surface area contributed by atoms with E-state index in [1.807, 2.05) is 18.0 Å². The third-order valence-corrected chi connectivity index (χ3v) is 2.68. The predicted molar refractivity (Wildman–Crippen MR) is 60.3 cm³/mol. The molecule has 0 bridgehead atoms. The van der Waals surface area contributed by atoms with Crippen LogP contribution in [0.1, 0.15) is 36.6 Å². The van der Waals surface area contributed by atoms with Crippen molar-refractivity contribution in [2.24, 2.45) is 0 Å². The molecule has 0 unspecified atom stereocenters. The predicted octanol–water partition coefficient (Wildman–Crippen LogP) is 3.38. The van der Waals surface area contributed by atoms with E-state index in [1.54, 1.807) is 0 Å². The molecule has 0 saturated heterocycles. The van der Waals surface area contributed by atoms with Gasteiger partial charge in [-0.3, -0.25) is 4.98 Å². The topological polar surface area (TPSA) is 12.9 Å². The zero-order valence-corrected chi connectivity index (χ0v) is 9.61. The summed E-state index contributed by atoms with van der Waals surface area (Å²) in [5.41, 5.74) is 3.95. The number of aryl methyl sites for hydroxylation is 1. The lowest BCUT2D eigenvalue weighted by atomic mass is 9.99. The lowest BCUT2D eigenvalue weighted by molar-refractivity contribution is 0.846. The van der Waals surface area contributed by atoms with E-state index < -0.39 is 0 Å². The molecule has 1 nitrogen and oxygen atoms in total. The summed E-state index contributed by atoms with van der Waals surface area (Å²) >= 11 is 1.85. The van der Waals surface area contributed by atoms with Gasteiger partial charge in [-0.2, -0.15) is 11.8 Å². The summed E-state index contributed by atoms with van der Waals surface area (Å²) in [4.78, 5) is 4.33. The molecule has 1 aromatic rings. The fraction of sp³-hybridized carbons (Fsp3) is 0.545. The van der Waals surface area contributed by atoms with Crippen LogP contribution in [0.5, 0.6) is 0 Å². The molecule has 2 heteroatoms. The Morgan fingerprint density at radius 3 is 2.69 bits per heavy atom. The third kappa shape index (κ3) is 2.73. The van der Waals surface area contributed by atoms with Crippen LogP contribution in [0.15, 0.2) is 12.3 Å². The third-order valence-electron chi connectivity index (χ3n) is 2.08. The first-order valence-corrected chi connectivity index (χ1v) is 5.99. The molecule has 13 heavy (non-hydrogen) atoms. The van der Waals surface area contributed by atoms with E-state index in [0.717, 1.165) is 11.4 Å². The van der Waals surface area contributed by atoms with Crippen molar-refractivity contribution in [2.45, 2.75) is 32.4 Å². The summed E-state index contributed by atoms with van der Waals surface area (Å²) in [5, 5.41) is 0. The molecule has 1 rings (SSSR count). The molecule has 0 aliphatic heterocycles. The van der Waals surface area contributed by atoms with Crippen molar-refractivity contribution in [3.8, 4) is 0 Å². The van der Waals surface area contributed by atoms with Crippen LogP contribution in [-0.2, 0) is 5.75 Å². The smallest absolute Gasteiger partial charge is 0.0375 e. The van der Waals surface area contributed by atoms with Crippen LogP contribution in [0.2, 0.25) is 0 Å². The molecule has 0 radical (unpaired) electrons. The first-order chi connectivity index (χ1) is 6.15. The van der Waals surface area contributed by atoms with Crippen LogP contribution < -0.4 is 0 Å². The second kappa shape index (κ2) is 4.66. The Morgan fingerprint density at radius 1 is 1.46 bits per heavy atom. The average Bonchev–Trinajstić information content (AvgIpc) is 2.08. The average molecular weight is 195 g/mol. The Bertz CT molecular complexity index is 281. The number of pyridine rings is 1. The van der Waals surface area contributed by atoms with Crippen molar-refractivity contribution in [2.75, 3.05) is 6.26 Å². The van der Waals surface area contributed by atoms with Crippen LogP contribution in [0, 0.1) is 6.92 Å². The molecule has 0 spiro atoms. The van der Waals surface area contributed by atoms with Crippen LogP contribution in [0.3, 0.4) is 0 Å². The van der Waals surface area contributed by atoms with Crippen LogP contribution in [-0.4, -0.2) is 11.2 Å². The maximum absolute atomic E-state index is 4.33. The highest BCUT2D eigenvalue weighted by Crippen LogP contribution is 2.22. The van der Waals surface area contributed by atoms with Crippen molar-refractivity contribution in [3.63, 3.8) is 0 Å². The van der Waals surface area contributed by atoms with E-state index in [1.165, 1.54) is 11.1 Å².